The average Bonchev–Trinajstić information content (AvgIpc) is 2.96. The Balaban J connectivity index is 2.02. The van der Waals surface area contributed by atoms with Crippen molar-refractivity contribution in [2.45, 2.75) is 45.2 Å². The molecule has 7 nitrogen and oxygen atoms in total. The lowest BCUT2D eigenvalue weighted by Gasteiger charge is -2.31. The van der Waals surface area contributed by atoms with Gasteiger partial charge in [0.05, 0.1) is 18.8 Å². The van der Waals surface area contributed by atoms with Crippen LogP contribution in [0.25, 0.3) is 0 Å². The largest absolute Gasteiger partial charge is 0.353 e. The maximum atomic E-state index is 11.9. The number of carbonyl (C=O) groups is 1. The lowest BCUT2D eigenvalue weighted by molar-refractivity contribution is -0.127. The lowest BCUT2D eigenvalue weighted by atomic mass is 9.86. The van der Waals surface area contributed by atoms with Crippen molar-refractivity contribution >= 4 is 11.9 Å². The van der Waals surface area contributed by atoms with Crippen LogP contribution in [0.3, 0.4) is 0 Å². The molecule has 1 saturated carbocycles. The van der Waals surface area contributed by atoms with Gasteiger partial charge in [-0.2, -0.15) is 5.10 Å². The average molecular weight is 334 g/mol. The van der Waals surface area contributed by atoms with E-state index < -0.39 is 0 Å². The van der Waals surface area contributed by atoms with Crippen molar-refractivity contribution in [2.75, 3.05) is 20.6 Å². The summed E-state index contributed by atoms with van der Waals surface area (Å²) in [4.78, 5) is 18.1. The van der Waals surface area contributed by atoms with Crippen molar-refractivity contribution in [1.82, 2.24) is 25.3 Å². The van der Waals surface area contributed by atoms with E-state index in [2.05, 4.69) is 27.6 Å². The van der Waals surface area contributed by atoms with Gasteiger partial charge in [-0.05, 0) is 24.8 Å². The first-order valence-corrected chi connectivity index (χ1v) is 8.69. The van der Waals surface area contributed by atoms with Gasteiger partial charge in [0.15, 0.2) is 5.96 Å². The minimum Gasteiger partial charge on any atom is -0.353 e. The van der Waals surface area contributed by atoms with Gasteiger partial charge in [-0.15, -0.1) is 0 Å². The summed E-state index contributed by atoms with van der Waals surface area (Å²) in [6.45, 7) is 3.05. The predicted molar refractivity (Wildman–Crippen MR) is 95.6 cm³/mol. The molecule has 1 amide bonds. The fourth-order valence-electron chi connectivity index (χ4n) is 2.89. The number of likely N-dealkylation sites (N-methyl/N-ethyl adjacent to an activating group) is 1. The van der Waals surface area contributed by atoms with Crippen LogP contribution in [-0.4, -0.2) is 53.2 Å². The number of guanidine groups is 1. The number of aryl methyl sites for hydroxylation is 1. The van der Waals surface area contributed by atoms with Gasteiger partial charge < -0.3 is 15.5 Å². The number of carbonyl (C=O) groups excluding carboxylic acids is 1. The van der Waals surface area contributed by atoms with Gasteiger partial charge in [0.2, 0.25) is 5.91 Å². The van der Waals surface area contributed by atoms with Gasteiger partial charge in [-0.3, -0.25) is 9.48 Å². The van der Waals surface area contributed by atoms with E-state index in [1.807, 2.05) is 17.8 Å². The van der Waals surface area contributed by atoms with E-state index in [0.29, 0.717) is 24.5 Å². The summed E-state index contributed by atoms with van der Waals surface area (Å²) in [5, 5.41) is 10.9. The van der Waals surface area contributed by atoms with Crippen LogP contribution in [0.4, 0.5) is 0 Å². The molecule has 7 heteroatoms. The third kappa shape index (κ3) is 5.25. The lowest BCUT2D eigenvalue weighted by Crippen LogP contribution is -2.49. The van der Waals surface area contributed by atoms with E-state index >= 15 is 0 Å². The highest BCUT2D eigenvalue weighted by Gasteiger charge is 2.22. The molecule has 1 heterocycles. The molecule has 0 aliphatic heterocycles. The molecule has 0 spiro atoms. The smallest absolute Gasteiger partial charge is 0.241 e. The van der Waals surface area contributed by atoms with Gasteiger partial charge >= 0.3 is 0 Å². The third-order valence-corrected chi connectivity index (χ3v) is 4.66. The monoisotopic (exact) mass is 334 g/mol. The second kappa shape index (κ2) is 8.70. The molecule has 2 atom stereocenters. The van der Waals surface area contributed by atoms with E-state index in [9.17, 15) is 4.79 Å². The molecule has 0 saturated heterocycles. The fraction of sp³-hybridized carbons (Fsp3) is 0.706. The molecule has 1 aliphatic rings. The number of rotatable bonds is 5. The van der Waals surface area contributed by atoms with Crippen LogP contribution < -0.4 is 10.6 Å². The summed E-state index contributed by atoms with van der Waals surface area (Å²) in [6, 6.07) is 2.36. The summed E-state index contributed by atoms with van der Waals surface area (Å²) in [7, 11) is 5.42. The molecule has 0 bridgehead atoms. The second-order valence-corrected chi connectivity index (χ2v) is 6.77. The van der Waals surface area contributed by atoms with E-state index in [1.165, 1.54) is 19.3 Å². The molecule has 1 aromatic rings. The Bertz CT molecular complexity index is 565. The first kappa shape index (κ1) is 18.3. The molecular formula is C17H30N6O. The van der Waals surface area contributed by atoms with Crippen molar-refractivity contribution in [2.24, 2.45) is 18.0 Å². The molecule has 1 aromatic heterocycles. The van der Waals surface area contributed by atoms with Crippen LogP contribution >= 0.6 is 0 Å². The third-order valence-electron chi connectivity index (χ3n) is 4.66. The molecule has 2 N–H and O–H groups in total. The van der Waals surface area contributed by atoms with Crippen LogP contribution in [0.15, 0.2) is 17.3 Å². The Labute approximate surface area is 144 Å². The summed E-state index contributed by atoms with van der Waals surface area (Å²) in [5.41, 5.74) is 1.03. The molecule has 1 aliphatic carbocycles. The molecule has 24 heavy (non-hydrogen) atoms. The van der Waals surface area contributed by atoms with Gasteiger partial charge in [0, 0.05) is 33.4 Å². The topological polar surface area (TPSA) is 74.5 Å². The number of aliphatic imine (C=N–C) groups is 1. The van der Waals surface area contributed by atoms with Gasteiger partial charge in [-0.25, -0.2) is 4.99 Å². The first-order chi connectivity index (χ1) is 11.5. The normalized spacial score (nSPS) is 21.4. The number of nitrogens with one attached hydrogen (secondary N) is 2. The Kier molecular flexibility index (Phi) is 6.63. The van der Waals surface area contributed by atoms with Gasteiger partial charge in [0.1, 0.15) is 0 Å². The molecule has 2 rings (SSSR count). The number of nitrogens with zero attached hydrogens (tertiary/aromatic N) is 4. The van der Waals surface area contributed by atoms with Crippen molar-refractivity contribution in [3.8, 4) is 0 Å². The standard InChI is InChI=1S/C17H30N6O/c1-13-7-5-6-8-15(13)21-17(19-12-16(24)22(2)3)18-11-14-9-10-20-23(14)4/h9-10,13,15H,5-8,11-12H2,1-4H3,(H2,18,19,21). The highest BCUT2D eigenvalue weighted by molar-refractivity contribution is 5.86. The molecule has 0 aromatic carbocycles. The summed E-state index contributed by atoms with van der Waals surface area (Å²) >= 11 is 0. The summed E-state index contributed by atoms with van der Waals surface area (Å²) in [5.74, 6) is 1.35. The number of hydrogen-bond acceptors (Lipinski definition) is 3. The summed E-state index contributed by atoms with van der Waals surface area (Å²) < 4.78 is 1.81. The van der Waals surface area contributed by atoms with Crippen LogP contribution in [0, 0.1) is 5.92 Å². The Morgan fingerprint density at radius 1 is 1.42 bits per heavy atom. The van der Waals surface area contributed by atoms with Gasteiger partial charge in [0.25, 0.3) is 0 Å². The minimum atomic E-state index is 0.0294. The van der Waals surface area contributed by atoms with E-state index in [0.717, 1.165) is 12.1 Å². The fourth-order valence-corrected chi connectivity index (χ4v) is 2.89. The molecule has 1 fully saturated rings. The maximum Gasteiger partial charge on any atom is 0.241 e. The Morgan fingerprint density at radius 3 is 2.79 bits per heavy atom. The van der Waals surface area contributed by atoms with Crippen LogP contribution in [0.2, 0.25) is 0 Å². The molecule has 2 unspecified atom stereocenters. The van der Waals surface area contributed by atoms with Crippen molar-refractivity contribution in [3.05, 3.63) is 18.0 Å². The number of aromatic nitrogens is 2. The molecule has 134 valence electrons. The van der Waals surface area contributed by atoms with Gasteiger partial charge in [-0.1, -0.05) is 19.8 Å². The highest BCUT2D eigenvalue weighted by Crippen LogP contribution is 2.23. The maximum absolute atomic E-state index is 11.9. The highest BCUT2D eigenvalue weighted by atomic mass is 16.2. The SMILES string of the molecule is CC1CCCCC1NC(=NCc1ccnn1C)NCC(=O)N(C)C. The molecule has 0 radical (unpaired) electrons. The quantitative estimate of drug-likeness (QED) is 0.625. The number of amides is 1. The van der Waals surface area contributed by atoms with Crippen LogP contribution in [0.1, 0.15) is 38.3 Å². The van der Waals surface area contributed by atoms with Crippen molar-refractivity contribution in [3.63, 3.8) is 0 Å². The second-order valence-electron chi connectivity index (χ2n) is 6.77. The van der Waals surface area contributed by atoms with Crippen molar-refractivity contribution in [1.29, 1.82) is 0 Å². The van der Waals surface area contributed by atoms with Crippen LogP contribution in [0.5, 0.6) is 0 Å². The summed E-state index contributed by atoms with van der Waals surface area (Å²) in [6.07, 6.45) is 6.70. The molecular weight excluding hydrogens is 304 g/mol. The predicted octanol–water partition coefficient (Wildman–Crippen LogP) is 1.12. The van der Waals surface area contributed by atoms with E-state index in [4.69, 9.17) is 0 Å². The number of hydrogen-bond donors (Lipinski definition) is 2. The van der Waals surface area contributed by atoms with Crippen LogP contribution in [-0.2, 0) is 18.4 Å². The zero-order valence-corrected chi connectivity index (χ0v) is 15.2. The van der Waals surface area contributed by atoms with E-state index in [1.54, 1.807) is 25.2 Å². The minimum absolute atomic E-state index is 0.0294. The first-order valence-electron chi connectivity index (χ1n) is 8.69. The van der Waals surface area contributed by atoms with Crippen molar-refractivity contribution < 1.29 is 4.79 Å². The Hall–Kier alpha value is -2.05. The zero-order valence-electron chi connectivity index (χ0n) is 15.2. The zero-order chi connectivity index (χ0) is 17.5. The van der Waals surface area contributed by atoms with E-state index in [-0.39, 0.29) is 12.5 Å². The Morgan fingerprint density at radius 2 is 2.17 bits per heavy atom.